The Morgan fingerprint density at radius 2 is 2.03 bits per heavy atom. The van der Waals surface area contributed by atoms with Crippen LogP contribution in [0.2, 0.25) is 0 Å². The van der Waals surface area contributed by atoms with Gasteiger partial charge in [-0.1, -0.05) is 11.2 Å². The number of aromatic amines is 1. The van der Waals surface area contributed by atoms with Gasteiger partial charge in [-0.25, -0.2) is 9.97 Å². The Morgan fingerprint density at radius 1 is 1.18 bits per heavy atom. The molecule has 1 aliphatic heterocycles. The number of hydrogen-bond donors (Lipinski definition) is 4. The lowest BCUT2D eigenvalue weighted by Gasteiger charge is -2.14. The Kier molecular flexibility index (Phi) is 4.93. The number of methoxy groups -OCH3 is 1. The van der Waals surface area contributed by atoms with E-state index in [-0.39, 0.29) is 0 Å². The second kappa shape index (κ2) is 7.94. The molecule has 0 atom stereocenters. The molecule has 3 aromatic heterocycles. The fourth-order valence-electron chi connectivity index (χ4n) is 4.13. The van der Waals surface area contributed by atoms with E-state index in [4.69, 9.17) is 14.7 Å². The van der Waals surface area contributed by atoms with Gasteiger partial charge in [0.2, 0.25) is 0 Å². The van der Waals surface area contributed by atoms with Crippen LogP contribution in [0, 0.1) is 26.2 Å². The van der Waals surface area contributed by atoms with E-state index in [9.17, 15) is 0 Å². The van der Waals surface area contributed by atoms with Crippen molar-refractivity contribution in [2.24, 2.45) is 0 Å². The lowest BCUT2D eigenvalue weighted by atomic mass is 10.0. The molecule has 5 rings (SSSR count). The second-order valence-electron chi connectivity index (χ2n) is 7.72. The van der Waals surface area contributed by atoms with E-state index in [1.165, 1.54) is 6.21 Å². The SMILES string of the molecule is COc1cc2c(cc1-c1c(C)noc1C)[nH]c1nc(C)nc(N/C(C=N)=C3\C=CC=CN3)c12. The van der Waals surface area contributed by atoms with E-state index in [0.717, 1.165) is 44.6 Å². The maximum Gasteiger partial charge on any atom is 0.144 e. The molecular weight excluding hydrogens is 418 g/mol. The van der Waals surface area contributed by atoms with Crippen molar-refractivity contribution in [1.29, 1.82) is 5.41 Å². The molecular formula is C24H23N7O2. The highest BCUT2D eigenvalue weighted by Crippen LogP contribution is 2.40. The van der Waals surface area contributed by atoms with Crippen LogP contribution in [-0.2, 0) is 0 Å². The molecule has 33 heavy (non-hydrogen) atoms. The topological polar surface area (TPSA) is 125 Å². The number of nitrogens with zero attached hydrogens (tertiary/aromatic N) is 3. The molecule has 4 aromatic rings. The minimum Gasteiger partial charge on any atom is -0.496 e. The summed E-state index contributed by atoms with van der Waals surface area (Å²) >= 11 is 0. The quantitative estimate of drug-likeness (QED) is 0.332. The molecule has 1 aliphatic rings. The fourth-order valence-corrected chi connectivity index (χ4v) is 4.13. The van der Waals surface area contributed by atoms with Gasteiger partial charge < -0.3 is 30.3 Å². The third-order valence-corrected chi connectivity index (χ3v) is 5.58. The zero-order valence-electron chi connectivity index (χ0n) is 18.7. The molecule has 0 amide bonds. The Hall–Kier alpha value is -4.40. The van der Waals surface area contributed by atoms with Crippen molar-refractivity contribution < 1.29 is 9.26 Å². The molecule has 9 heteroatoms. The largest absolute Gasteiger partial charge is 0.496 e. The minimum atomic E-state index is 0.587. The van der Waals surface area contributed by atoms with Gasteiger partial charge in [0.1, 0.15) is 28.8 Å². The van der Waals surface area contributed by atoms with Gasteiger partial charge in [0.15, 0.2) is 0 Å². The molecule has 9 nitrogen and oxygen atoms in total. The summed E-state index contributed by atoms with van der Waals surface area (Å²) in [6.45, 7) is 5.63. The van der Waals surface area contributed by atoms with Crippen LogP contribution in [0.5, 0.6) is 5.75 Å². The number of benzene rings is 1. The molecule has 0 saturated carbocycles. The van der Waals surface area contributed by atoms with E-state index < -0.39 is 0 Å². The number of fused-ring (bicyclic) bond motifs is 3. The van der Waals surface area contributed by atoms with Gasteiger partial charge in [-0.15, -0.1) is 0 Å². The number of dihydropyridines is 1. The molecule has 0 radical (unpaired) electrons. The lowest BCUT2D eigenvalue weighted by molar-refractivity contribution is 0.393. The summed E-state index contributed by atoms with van der Waals surface area (Å²) in [5, 5.41) is 20.2. The molecule has 1 aromatic carbocycles. The number of H-pyrrole nitrogens is 1. The number of ether oxygens (including phenoxy) is 1. The van der Waals surface area contributed by atoms with Crippen LogP contribution in [0.1, 0.15) is 17.3 Å². The van der Waals surface area contributed by atoms with Gasteiger partial charge >= 0.3 is 0 Å². The van der Waals surface area contributed by atoms with Gasteiger partial charge in [-0.3, -0.25) is 0 Å². The summed E-state index contributed by atoms with van der Waals surface area (Å²) in [7, 11) is 1.64. The third kappa shape index (κ3) is 3.43. The Bertz CT molecular complexity index is 1490. The van der Waals surface area contributed by atoms with Crippen LogP contribution in [0.4, 0.5) is 5.82 Å². The van der Waals surface area contributed by atoms with E-state index in [2.05, 4.69) is 30.7 Å². The summed E-state index contributed by atoms with van der Waals surface area (Å²) in [6, 6.07) is 3.99. The van der Waals surface area contributed by atoms with Crippen molar-refractivity contribution in [2.75, 3.05) is 12.4 Å². The predicted octanol–water partition coefficient (Wildman–Crippen LogP) is 4.65. The zero-order chi connectivity index (χ0) is 23.1. The molecule has 0 fully saturated rings. The molecule has 0 unspecified atom stereocenters. The maximum absolute atomic E-state index is 7.92. The van der Waals surface area contributed by atoms with Gasteiger partial charge in [0.25, 0.3) is 0 Å². The first-order valence-corrected chi connectivity index (χ1v) is 10.4. The normalized spacial score (nSPS) is 14.5. The number of rotatable bonds is 5. The number of aryl methyl sites for hydroxylation is 3. The molecule has 0 spiro atoms. The van der Waals surface area contributed by atoms with Crippen LogP contribution >= 0.6 is 0 Å². The van der Waals surface area contributed by atoms with Crippen LogP contribution in [0.15, 0.2) is 52.5 Å². The summed E-state index contributed by atoms with van der Waals surface area (Å²) < 4.78 is 11.1. The van der Waals surface area contributed by atoms with Gasteiger partial charge in [-0.05, 0) is 45.1 Å². The van der Waals surface area contributed by atoms with E-state index >= 15 is 0 Å². The van der Waals surface area contributed by atoms with Gasteiger partial charge in [0.05, 0.1) is 35.1 Å². The Balaban J connectivity index is 1.74. The molecule has 4 heterocycles. The predicted molar refractivity (Wildman–Crippen MR) is 129 cm³/mol. The highest BCUT2D eigenvalue weighted by molar-refractivity contribution is 6.13. The van der Waals surface area contributed by atoms with Gasteiger partial charge in [-0.2, -0.15) is 0 Å². The molecule has 0 saturated heterocycles. The number of aromatic nitrogens is 4. The first-order chi connectivity index (χ1) is 16.0. The minimum absolute atomic E-state index is 0.587. The zero-order valence-corrected chi connectivity index (χ0v) is 18.7. The smallest absolute Gasteiger partial charge is 0.144 e. The molecule has 166 valence electrons. The maximum atomic E-state index is 7.92. The Morgan fingerprint density at radius 3 is 2.70 bits per heavy atom. The standard InChI is InChI=1S/C24H23N7O2/c1-12-21(13(2)33-31-12)16-9-18-15(10-20(16)32-4)22-23(29-18)27-14(3)28-24(22)30-19(11-25)17-7-5-6-8-26-17/h5-11,25-26H,1-4H3,(H2,27,28,29,30)/b19-17+,25-11?. The van der Waals surface area contributed by atoms with Crippen molar-refractivity contribution in [3.8, 4) is 16.9 Å². The number of nitrogens with one attached hydrogen (secondary N) is 4. The van der Waals surface area contributed by atoms with E-state index in [1.54, 1.807) is 7.11 Å². The summed E-state index contributed by atoms with van der Waals surface area (Å²) in [5.74, 6) is 2.63. The highest BCUT2D eigenvalue weighted by Gasteiger charge is 2.21. The number of allylic oxidation sites excluding steroid dienone is 4. The average molecular weight is 441 g/mol. The number of anilines is 1. The van der Waals surface area contributed by atoms with Crippen LogP contribution in [0.25, 0.3) is 33.1 Å². The van der Waals surface area contributed by atoms with Crippen LogP contribution < -0.4 is 15.4 Å². The average Bonchev–Trinajstić information content (AvgIpc) is 3.34. The molecule has 0 aliphatic carbocycles. The van der Waals surface area contributed by atoms with Crippen molar-refractivity contribution in [3.63, 3.8) is 0 Å². The highest BCUT2D eigenvalue weighted by atomic mass is 16.5. The number of hydrogen-bond acceptors (Lipinski definition) is 8. The van der Waals surface area contributed by atoms with Crippen molar-refractivity contribution in [2.45, 2.75) is 20.8 Å². The van der Waals surface area contributed by atoms with E-state index in [0.29, 0.717) is 28.7 Å². The van der Waals surface area contributed by atoms with Crippen LogP contribution in [0.3, 0.4) is 0 Å². The third-order valence-electron chi connectivity index (χ3n) is 5.58. The van der Waals surface area contributed by atoms with Crippen molar-refractivity contribution >= 4 is 34.0 Å². The first-order valence-electron chi connectivity index (χ1n) is 10.4. The Labute approximate surface area is 189 Å². The summed E-state index contributed by atoms with van der Waals surface area (Å²) in [4.78, 5) is 12.7. The van der Waals surface area contributed by atoms with Crippen molar-refractivity contribution in [1.82, 2.24) is 25.4 Å². The fraction of sp³-hybridized carbons (Fsp3) is 0.167. The second-order valence-corrected chi connectivity index (χ2v) is 7.72. The van der Waals surface area contributed by atoms with Gasteiger partial charge in [0, 0.05) is 28.9 Å². The van der Waals surface area contributed by atoms with Crippen LogP contribution in [-0.4, -0.2) is 33.4 Å². The lowest BCUT2D eigenvalue weighted by Crippen LogP contribution is -2.15. The monoisotopic (exact) mass is 441 g/mol. The first kappa shape index (κ1) is 20.5. The summed E-state index contributed by atoms with van der Waals surface area (Å²) in [5.41, 5.74) is 5.53. The molecule has 4 N–H and O–H groups in total. The van der Waals surface area contributed by atoms with Crippen molar-refractivity contribution in [3.05, 3.63) is 65.2 Å². The summed E-state index contributed by atoms with van der Waals surface area (Å²) in [6.07, 6.45) is 8.77. The van der Waals surface area contributed by atoms with E-state index in [1.807, 2.05) is 57.3 Å². The molecule has 0 bridgehead atoms.